The van der Waals surface area contributed by atoms with E-state index in [0.717, 1.165) is 21.3 Å². The molecule has 1 nitrogen and oxygen atoms in total. The van der Waals surface area contributed by atoms with Gasteiger partial charge >= 0.3 is 0 Å². The minimum atomic E-state index is 0.922. The van der Waals surface area contributed by atoms with E-state index in [1.807, 2.05) is 31.2 Å². The van der Waals surface area contributed by atoms with E-state index >= 15 is 0 Å². The van der Waals surface area contributed by atoms with E-state index < -0.39 is 0 Å². The zero-order valence-electron chi connectivity index (χ0n) is 7.32. The molecule has 0 aliphatic carbocycles. The fraction of sp³-hybridized carbons (Fsp3) is 0.0909. The Balaban J connectivity index is 2.69. The Hall–Kier alpha value is -1.28. The van der Waals surface area contributed by atoms with Crippen molar-refractivity contribution in [2.75, 3.05) is 0 Å². The van der Waals surface area contributed by atoms with Crippen molar-refractivity contribution in [2.24, 2.45) is 0 Å². The van der Waals surface area contributed by atoms with Crippen molar-refractivity contribution >= 4 is 28.0 Å². The van der Waals surface area contributed by atoms with Gasteiger partial charge in [-0.25, -0.2) is 0 Å². The molecule has 64 valence electrons. The average molecular weight is 187 g/mol. The van der Waals surface area contributed by atoms with Crippen LogP contribution in [0.15, 0.2) is 36.5 Å². The molecule has 0 aliphatic heterocycles. The molecule has 2 heteroatoms. The maximum Gasteiger partial charge on any atom is 0.0702 e. The normalized spacial score (nSPS) is 10.2. The van der Waals surface area contributed by atoms with Crippen molar-refractivity contribution in [3.05, 3.63) is 42.1 Å². The predicted octanol–water partition coefficient (Wildman–Crippen LogP) is 2.97. The molecule has 1 heterocycles. The molecular formula is C11H9NS. The first-order chi connectivity index (χ1) is 6.27. The monoisotopic (exact) mass is 187 g/mol. The van der Waals surface area contributed by atoms with Gasteiger partial charge in [0.1, 0.15) is 0 Å². The van der Waals surface area contributed by atoms with Gasteiger partial charge in [0.25, 0.3) is 0 Å². The Labute approximate surface area is 82.4 Å². The fourth-order valence-corrected chi connectivity index (χ4v) is 1.42. The molecule has 0 saturated carbocycles. The molecule has 0 radical (unpaired) electrons. The molecule has 13 heavy (non-hydrogen) atoms. The number of rotatable bonds is 1. The van der Waals surface area contributed by atoms with E-state index in [9.17, 15) is 0 Å². The van der Waals surface area contributed by atoms with E-state index in [2.05, 4.69) is 11.1 Å². The van der Waals surface area contributed by atoms with Crippen LogP contribution in [0.5, 0.6) is 0 Å². The van der Waals surface area contributed by atoms with Crippen molar-refractivity contribution in [2.45, 2.75) is 6.92 Å². The maximum absolute atomic E-state index is 5.10. The van der Waals surface area contributed by atoms with E-state index in [1.165, 1.54) is 0 Å². The summed E-state index contributed by atoms with van der Waals surface area (Å²) in [5, 5.41) is 1.14. The van der Waals surface area contributed by atoms with Crippen molar-refractivity contribution in [3.63, 3.8) is 0 Å². The molecule has 0 unspecified atom stereocenters. The highest BCUT2D eigenvalue weighted by molar-refractivity contribution is 7.80. The third-order valence-electron chi connectivity index (χ3n) is 2.01. The molecule has 2 aromatic rings. The number of thiocarbonyl (C=S) groups is 1. The van der Waals surface area contributed by atoms with Crippen LogP contribution in [-0.4, -0.2) is 9.85 Å². The summed E-state index contributed by atoms with van der Waals surface area (Å²) in [6, 6.07) is 10.1. The SMILES string of the molecule is CC(=S)c1ccc2ncccc2c1. The van der Waals surface area contributed by atoms with E-state index in [0.29, 0.717) is 0 Å². The van der Waals surface area contributed by atoms with Gasteiger partial charge in [0.2, 0.25) is 0 Å². The summed E-state index contributed by atoms with van der Waals surface area (Å²) in [7, 11) is 0. The second-order valence-electron chi connectivity index (χ2n) is 2.97. The number of pyridine rings is 1. The van der Waals surface area contributed by atoms with Gasteiger partial charge in [-0.15, -0.1) is 0 Å². The Morgan fingerprint density at radius 3 is 2.92 bits per heavy atom. The molecule has 0 atom stereocenters. The van der Waals surface area contributed by atoms with Gasteiger partial charge in [-0.2, -0.15) is 0 Å². The lowest BCUT2D eigenvalue weighted by Crippen LogP contribution is -1.89. The molecule has 1 aromatic carbocycles. The van der Waals surface area contributed by atoms with Gasteiger partial charge in [-0.3, -0.25) is 4.98 Å². The number of nitrogens with zero attached hydrogens (tertiary/aromatic N) is 1. The lowest BCUT2D eigenvalue weighted by Gasteiger charge is -2.00. The molecular weight excluding hydrogens is 178 g/mol. The van der Waals surface area contributed by atoms with Gasteiger partial charge in [-0.05, 0) is 30.7 Å². The number of hydrogen-bond acceptors (Lipinski definition) is 2. The van der Waals surface area contributed by atoms with Crippen molar-refractivity contribution < 1.29 is 0 Å². The quantitative estimate of drug-likeness (QED) is 0.503. The summed E-state index contributed by atoms with van der Waals surface area (Å²) in [6.07, 6.45) is 1.80. The van der Waals surface area contributed by atoms with Gasteiger partial charge in [0.05, 0.1) is 5.52 Å². The van der Waals surface area contributed by atoms with Gasteiger partial charge in [0, 0.05) is 16.4 Å². The summed E-state index contributed by atoms with van der Waals surface area (Å²) in [6.45, 7) is 1.94. The van der Waals surface area contributed by atoms with Crippen LogP contribution < -0.4 is 0 Å². The summed E-state index contributed by atoms with van der Waals surface area (Å²) < 4.78 is 0. The predicted molar refractivity (Wildman–Crippen MR) is 59.1 cm³/mol. The van der Waals surface area contributed by atoms with E-state index in [1.54, 1.807) is 6.20 Å². The van der Waals surface area contributed by atoms with Crippen molar-refractivity contribution in [3.8, 4) is 0 Å². The molecule has 1 aromatic heterocycles. The minimum Gasteiger partial charge on any atom is -0.256 e. The largest absolute Gasteiger partial charge is 0.256 e. The minimum absolute atomic E-state index is 0.922. The first-order valence-electron chi connectivity index (χ1n) is 4.13. The van der Waals surface area contributed by atoms with Crippen LogP contribution in [-0.2, 0) is 0 Å². The molecule has 0 amide bonds. The Morgan fingerprint density at radius 2 is 2.15 bits per heavy atom. The second-order valence-corrected chi connectivity index (χ2v) is 3.58. The van der Waals surface area contributed by atoms with Crippen molar-refractivity contribution in [1.82, 2.24) is 4.98 Å². The van der Waals surface area contributed by atoms with Crippen LogP contribution in [0.25, 0.3) is 10.9 Å². The first kappa shape index (κ1) is 8.32. The van der Waals surface area contributed by atoms with E-state index in [4.69, 9.17) is 12.2 Å². The molecule has 0 aliphatic rings. The Morgan fingerprint density at radius 1 is 1.31 bits per heavy atom. The number of aromatic nitrogens is 1. The summed E-state index contributed by atoms with van der Waals surface area (Å²) in [5.74, 6) is 0. The van der Waals surface area contributed by atoms with Crippen LogP contribution in [0.2, 0.25) is 0 Å². The third kappa shape index (κ3) is 1.58. The molecule has 0 saturated heterocycles. The van der Waals surface area contributed by atoms with Crippen LogP contribution >= 0.6 is 12.2 Å². The molecule has 0 N–H and O–H groups in total. The number of hydrogen-bond donors (Lipinski definition) is 0. The summed E-state index contributed by atoms with van der Waals surface area (Å²) in [5.41, 5.74) is 2.12. The summed E-state index contributed by atoms with van der Waals surface area (Å²) in [4.78, 5) is 5.16. The molecule has 0 fully saturated rings. The van der Waals surface area contributed by atoms with Crippen molar-refractivity contribution in [1.29, 1.82) is 0 Å². The zero-order chi connectivity index (χ0) is 9.26. The standard InChI is InChI=1S/C11H9NS/c1-8(13)9-4-5-11-10(7-9)3-2-6-12-11/h2-7H,1H3. The second kappa shape index (κ2) is 3.23. The highest BCUT2D eigenvalue weighted by Gasteiger charge is 1.97. The highest BCUT2D eigenvalue weighted by Crippen LogP contribution is 2.13. The third-order valence-corrected chi connectivity index (χ3v) is 2.25. The molecule has 2 rings (SSSR count). The first-order valence-corrected chi connectivity index (χ1v) is 4.54. The Bertz CT molecular complexity index is 462. The molecule has 0 spiro atoms. The van der Waals surface area contributed by atoms with Crippen LogP contribution in [0, 0.1) is 0 Å². The smallest absolute Gasteiger partial charge is 0.0702 e. The topological polar surface area (TPSA) is 12.9 Å². The van der Waals surface area contributed by atoms with Crippen LogP contribution in [0.4, 0.5) is 0 Å². The maximum atomic E-state index is 5.10. The zero-order valence-corrected chi connectivity index (χ0v) is 8.14. The molecule has 0 bridgehead atoms. The number of benzene rings is 1. The van der Waals surface area contributed by atoms with Gasteiger partial charge in [0.15, 0.2) is 0 Å². The lowest BCUT2D eigenvalue weighted by molar-refractivity contribution is 1.41. The fourth-order valence-electron chi connectivity index (χ4n) is 1.29. The van der Waals surface area contributed by atoms with E-state index in [-0.39, 0.29) is 0 Å². The summed E-state index contributed by atoms with van der Waals surface area (Å²) >= 11 is 5.10. The number of fused-ring (bicyclic) bond motifs is 1. The van der Waals surface area contributed by atoms with Crippen LogP contribution in [0.1, 0.15) is 12.5 Å². The Kier molecular flexibility index (Phi) is 2.07. The van der Waals surface area contributed by atoms with Crippen LogP contribution in [0.3, 0.4) is 0 Å². The lowest BCUT2D eigenvalue weighted by atomic mass is 10.1. The highest BCUT2D eigenvalue weighted by atomic mass is 32.1. The van der Waals surface area contributed by atoms with Gasteiger partial charge in [-0.1, -0.05) is 24.4 Å². The van der Waals surface area contributed by atoms with Gasteiger partial charge < -0.3 is 0 Å². The average Bonchev–Trinajstić information content (AvgIpc) is 2.17.